The normalized spacial score (nSPS) is 13.3. The Morgan fingerprint density at radius 2 is 2.05 bits per heavy atom. The van der Waals surface area contributed by atoms with Crippen LogP contribution in [0.3, 0.4) is 0 Å². The number of rotatable bonds is 6. The SMILES string of the molecule is CCCCC(N)C(=O)Cc1cccc(C(F)(F)F)c1. The maximum Gasteiger partial charge on any atom is 0.416 e. The Morgan fingerprint density at radius 1 is 1.37 bits per heavy atom. The summed E-state index contributed by atoms with van der Waals surface area (Å²) in [5, 5.41) is 0. The van der Waals surface area contributed by atoms with Gasteiger partial charge in [-0.2, -0.15) is 13.2 Å². The van der Waals surface area contributed by atoms with Gasteiger partial charge in [-0.1, -0.05) is 38.0 Å². The number of Topliss-reactive ketones (excluding diaryl/α,β-unsaturated/α-hetero) is 1. The second kappa shape index (κ2) is 6.70. The van der Waals surface area contributed by atoms with Gasteiger partial charge in [0.05, 0.1) is 11.6 Å². The van der Waals surface area contributed by atoms with Gasteiger partial charge in [0, 0.05) is 6.42 Å². The zero-order valence-corrected chi connectivity index (χ0v) is 10.8. The minimum atomic E-state index is -4.39. The summed E-state index contributed by atoms with van der Waals surface area (Å²) in [5.41, 5.74) is 5.32. The molecular formula is C14H18F3NO. The number of hydrogen-bond donors (Lipinski definition) is 1. The first kappa shape index (κ1) is 15.7. The van der Waals surface area contributed by atoms with Crippen LogP contribution in [0.5, 0.6) is 0 Å². The van der Waals surface area contributed by atoms with Crippen LogP contribution in [0.15, 0.2) is 24.3 Å². The molecule has 5 heteroatoms. The number of halogens is 3. The molecule has 2 N–H and O–H groups in total. The molecule has 19 heavy (non-hydrogen) atoms. The second-order valence-electron chi connectivity index (χ2n) is 4.59. The van der Waals surface area contributed by atoms with Gasteiger partial charge in [0.15, 0.2) is 5.78 Å². The van der Waals surface area contributed by atoms with Crippen LogP contribution in [-0.2, 0) is 17.4 Å². The molecule has 0 spiro atoms. The highest BCUT2D eigenvalue weighted by atomic mass is 19.4. The third-order valence-electron chi connectivity index (χ3n) is 2.91. The first-order valence-electron chi connectivity index (χ1n) is 6.29. The molecule has 0 saturated heterocycles. The van der Waals surface area contributed by atoms with Gasteiger partial charge in [0.25, 0.3) is 0 Å². The van der Waals surface area contributed by atoms with Gasteiger partial charge >= 0.3 is 6.18 Å². The summed E-state index contributed by atoms with van der Waals surface area (Å²) in [5.74, 6) is -0.215. The molecule has 1 atom stereocenters. The fourth-order valence-electron chi connectivity index (χ4n) is 1.77. The van der Waals surface area contributed by atoms with Crippen LogP contribution in [0, 0.1) is 0 Å². The zero-order chi connectivity index (χ0) is 14.5. The number of carbonyl (C=O) groups is 1. The molecule has 0 aliphatic heterocycles. The smallest absolute Gasteiger partial charge is 0.321 e. The van der Waals surface area contributed by atoms with E-state index in [0.717, 1.165) is 25.0 Å². The Bertz CT molecular complexity index is 429. The topological polar surface area (TPSA) is 43.1 Å². The third-order valence-corrected chi connectivity index (χ3v) is 2.91. The van der Waals surface area contributed by atoms with Crippen LogP contribution in [0.1, 0.15) is 37.3 Å². The number of nitrogens with two attached hydrogens (primary N) is 1. The van der Waals surface area contributed by atoms with E-state index in [9.17, 15) is 18.0 Å². The molecular weight excluding hydrogens is 255 g/mol. The number of hydrogen-bond acceptors (Lipinski definition) is 2. The van der Waals surface area contributed by atoms with Crippen LogP contribution in [-0.4, -0.2) is 11.8 Å². The Morgan fingerprint density at radius 3 is 2.63 bits per heavy atom. The van der Waals surface area contributed by atoms with Crippen molar-refractivity contribution in [1.29, 1.82) is 0 Å². The van der Waals surface area contributed by atoms with Crippen molar-refractivity contribution in [3.63, 3.8) is 0 Å². The van der Waals surface area contributed by atoms with E-state index in [1.54, 1.807) is 0 Å². The fraction of sp³-hybridized carbons (Fsp3) is 0.500. The predicted octanol–water partition coefficient (Wildman–Crippen LogP) is 3.33. The van der Waals surface area contributed by atoms with Gasteiger partial charge in [-0.15, -0.1) is 0 Å². The minimum Gasteiger partial charge on any atom is -0.321 e. The van der Waals surface area contributed by atoms with Crippen molar-refractivity contribution in [2.24, 2.45) is 5.73 Å². The van der Waals surface area contributed by atoms with Crippen LogP contribution >= 0.6 is 0 Å². The molecule has 0 radical (unpaired) electrons. The molecule has 1 rings (SSSR count). The molecule has 0 fully saturated rings. The summed E-state index contributed by atoms with van der Waals surface area (Å²) in [6, 6.07) is 4.23. The number of unbranched alkanes of at least 4 members (excludes halogenated alkanes) is 1. The standard InChI is InChI=1S/C14H18F3NO/c1-2-3-7-12(18)13(19)9-10-5-4-6-11(8-10)14(15,16)17/h4-6,8,12H,2-3,7,9,18H2,1H3. The van der Waals surface area contributed by atoms with Crippen molar-refractivity contribution in [3.05, 3.63) is 35.4 Å². The molecule has 0 amide bonds. The largest absolute Gasteiger partial charge is 0.416 e. The van der Waals surface area contributed by atoms with Crippen LogP contribution in [0.2, 0.25) is 0 Å². The lowest BCUT2D eigenvalue weighted by Crippen LogP contribution is -2.31. The molecule has 0 aliphatic rings. The highest BCUT2D eigenvalue weighted by Crippen LogP contribution is 2.29. The molecule has 0 aliphatic carbocycles. The summed E-state index contributed by atoms with van der Waals surface area (Å²) in [6.45, 7) is 1.99. The van der Waals surface area contributed by atoms with Gasteiger partial charge in [-0.05, 0) is 18.1 Å². The maximum absolute atomic E-state index is 12.5. The van der Waals surface area contributed by atoms with Gasteiger partial charge in [0.2, 0.25) is 0 Å². The summed E-state index contributed by atoms with van der Waals surface area (Å²) in [7, 11) is 0. The number of carbonyl (C=O) groups excluding carboxylic acids is 1. The molecule has 0 aromatic heterocycles. The van der Waals surface area contributed by atoms with Gasteiger partial charge in [-0.3, -0.25) is 4.79 Å². The molecule has 0 heterocycles. The van der Waals surface area contributed by atoms with Crippen molar-refractivity contribution in [1.82, 2.24) is 0 Å². The van der Waals surface area contributed by atoms with E-state index >= 15 is 0 Å². The average Bonchev–Trinajstić information content (AvgIpc) is 2.35. The number of benzene rings is 1. The van der Waals surface area contributed by atoms with E-state index in [0.29, 0.717) is 12.0 Å². The van der Waals surface area contributed by atoms with E-state index < -0.39 is 17.8 Å². The van der Waals surface area contributed by atoms with E-state index in [2.05, 4.69) is 0 Å². The molecule has 2 nitrogen and oxygen atoms in total. The lowest BCUT2D eigenvalue weighted by atomic mass is 9.99. The molecule has 0 bridgehead atoms. The van der Waals surface area contributed by atoms with Crippen molar-refractivity contribution in [2.45, 2.75) is 44.8 Å². The fourth-order valence-corrected chi connectivity index (χ4v) is 1.77. The molecule has 106 valence electrons. The van der Waals surface area contributed by atoms with Gasteiger partial charge in [0.1, 0.15) is 0 Å². The Hall–Kier alpha value is -1.36. The average molecular weight is 273 g/mol. The summed E-state index contributed by atoms with van der Waals surface area (Å²) >= 11 is 0. The quantitative estimate of drug-likeness (QED) is 0.863. The molecule has 0 saturated carbocycles. The van der Waals surface area contributed by atoms with E-state index in [1.807, 2.05) is 6.92 Å². The van der Waals surface area contributed by atoms with E-state index in [-0.39, 0.29) is 12.2 Å². The van der Waals surface area contributed by atoms with Crippen LogP contribution in [0.25, 0.3) is 0 Å². The van der Waals surface area contributed by atoms with Gasteiger partial charge < -0.3 is 5.73 Å². The minimum absolute atomic E-state index is 0.0468. The van der Waals surface area contributed by atoms with Crippen molar-refractivity contribution in [3.8, 4) is 0 Å². The van der Waals surface area contributed by atoms with Crippen LogP contribution < -0.4 is 5.73 Å². The summed E-state index contributed by atoms with van der Waals surface area (Å²) in [4.78, 5) is 11.8. The molecule has 1 aromatic carbocycles. The van der Waals surface area contributed by atoms with E-state index in [1.165, 1.54) is 12.1 Å². The van der Waals surface area contributed by atoms with Crippen molar-refractivity contribution in [2.75, 3.05) is 0 Å². The first-order chi connectivity index (χ1) is 8.84. The maximum atomic E-state index is 12.5. The van der Waals surface area contributed by atoms with Crippen molar-refractivity contribution >= 4 is 5.78 Å². The summed E-state index contributed by atoms with van der Waals surface area (Å²) in [6.07, 6.45) is -2.08. The molecule has 1 aromatic rings. The zero-order valence-electron chi connectivity index (χ0n) is 10.8. The third kappa shape index (κ3) is 5.03. The lowest BCUT2D eigenvalue weighted by molar-refractivity contribution is -0.137. The molecule has 1 unspecified atom stereocenters. The Kier molecular flexibility index (Phi) is 5.54. The van der Waals surface area contributed by atoms with Gasteiger partial charge in [-0.25, -0.2) is 0 Å². The second-order valence-corrected chi connectivity index (χ2v) is 4.59. The van der Waals surface area contributed by atoms with E-state index in [4.69, 9.17) is 5.73 Å². The summed E-state index contributed by atoms with van der Waals surface area (Å²) < 4.78 is 37.6. The monoisotopic (exact) mass is 273 g/mol. The highest BCUT2D eigenvalue weighted by Gasteiger charge is 2.30. The lowest BCUT2D eigenvalue weighted by Gasteiger charge is -2.11. The van der Waals surface area contributed by atoms with Crippen LogP contribution in [0.4, 0.5) is 13.2 Å². The predicted molar refractivity (Wildman–Crippen MR) is 67.7 cm³/mol. The first-order valence-corrected chi connectivity index (χ1v) is 6.29. The number of alkyl halides is 3. The highest BCUT2D eigenvalue weighted by molar-refractivity contribution is 5.85. The Balaban J connectivity index is 2.69. The Labute approximate surface area is 110 Å². The van der Waals surface area contributed by atoms with Crippen molar-refractivity contribution < 1.29 is 18.0 Å². The number of ketones is 1.